The van der Waals surface area contributed by atoms with Crippen molar-refractivity contribution in [3.8, 4) is 0 Å². The minimum Gasteiger partial charge on any atom is -0.445 e. The fourth-order valence-electron chi connectivity index (χ4n) is 5.01. The largest absolute Gasteiger partial charge is 0.445 e. The molecule has 3 rings (SSSR count). The van der Waals surface area contributed by atoms with Crippen LogP contribution in [-0.4, -0.2) is 102 Å². The molecule has 3 atom stereocenters. The molecule has 54 heavy (non-hydrogen) atoms. The van der Waals surface area contributed by atoms with Gasteiger partial charge in [0.2, 0.25) is 23.6 Å². The maximum Gasteiger partial charge on any atom is 0.408 e. The van der Waals surface area contributed by atoms with Gasteiger partial charge in [0.05, 0.1) is 0 Å². The molecule has 286 valence electrons. The number of alkyl carbamates (subject to hydrolysis) is 1. The van der Waals surface area contributed by atoms with Crippen LogP contribution in [0.3, 0.4) is 0 Å². The van der Waals surface area contributed by atoms with Crippen LogP contribution in [0.25, 0.3) is 0 Å². The zero-order valence-electron chi connectivity index (χ0n) is 30.8. The molecule has 3 aromatic carbocycles. The molecule has 0 saturated carbocycles. The lowest BCUT2D eigenvalue weighted by Gasteiger charge is -2.30. The number of likely N-dealkylation sites (N-methyl/N-ethyl adjacent to an activating group) is 2. The monoisotopic (exact) mass is 741 g/mol. The summed E-state index contributed by atoms with van der Waals surface area (Å²) >= 11 is 0. The SMILES string of the molecule is C[C@H](NC(=O)OCc1ccccc1)C(=O)N[C@@H](C)C(=O)NN(CC(N)=O)C(=O)/C=C/C(=O)N(C)[C@@H](Cc1ccccc1)C(=O)N(C)CCc1ccccc1. The average molecular weight is 742 g/mol. The molecule has 0 radical (unpaired) electrons. The van der Waals surface area contributed by atoms with Crippen molar-refractivity contribution in [2.24, 2.45) is 5.73 Å². The van der Waals surface area contributed by atoms with Gasteiger partial charge in [-0.3, -0.25) is 34.2 Å². The molecule has 0 aromatic heterocycles. The molecule has 0 fully saturated rings. The Bertz CT molecular complexity index is 1770. The van der Waals surface area contributed by atoms with Gasteiger partial charge in [0, 0.05) is 39.2 Å². The third kappa shape index (κ3) is 13.9. The van der Waals surface area contributed by atoms with Gasteiger partial charge in [0.15, 0.2) is 0 Å². The summed E-state index contributed by atoms with van der Waals surface area (Å²) in [6.07, 6.45) is 1.72. The molecular formula is C39H47N7O8. The van der Waals surface area contributed by atoms with Gasteiger partial charge in [-0.25, -0.2) is 9.80 Å². The molecule has 0 spiro atoms. The number of carbonyl (C=O) groups excluding carboxylic acids is 7. The molecule has 0 bridgehead atoms. The number of amides is 7. The van der Waals surface area contributed by atoms with Gasteiger partial charge >= 0.3 is 6.09 Å². The molecule has 0 aliphatic carbocycles. The normalized spacial score (nSPS) is 12.4. The zero-order chi connectivity index (χ0) is 39.6. The van der Waals surface area contributed by atoms with E-state index in [1.165, 1.54) is 25.8 Å². The van der Waals surface area contributed by atoms with Crippen molar-refractivity contribution in [1.82, 2.24) is 30.9 Å². The van der Waals surface area contributed by atoms with Crippen LogP contribution in [0.1, 0.15) is 30.5 Å². The van der Waals surface area contributed by atoms with Gasteiger partial charge in [0.25, 0.3) is 11.8 Å². The van der Waals surface area contributed by atoms with Crippen LogP contribution in [0.5, 0.6) is 0 Å². The van der Waals surface area contributed by atoms with Crippen molar-refractivity contribution < 1.29 is 38.3 Å². The van der Waals surface area contributed by atoms with Gasteiger partial charge in [-0.2, -0.15) is 0 Å². The molecule has 0 aliphatic rings. The third-order valence-corrected chi connectivity index (χ3v) is 8.21. The Morgan fingerprint density at radius 3 is 1.80 bits per heavy atom. The minimum absolute atomic E-state index is 0.0151. The lowest BCUT2D eigenvalue weighted by molar-refractivity contribution is -0.142. The van der Waals surface area contributed by atoms with Crippen molar-refractivity contribution in [3.05, 3.63) is 120 Å². The van der Waals surface area contributed by atoms with Crippen molar-refractivity contribution >= 4 is 41.5 Å². The predicted octanol–water partition coefficient (Wildman–Crippen LogP) is 1.48. The quantitative estimate of drug-likeness (QED) is 0.118. The van der Waals surface area contributed by atoms with Crippen molar-refractivity contribution in [3.63, 3.8) is 0 Å². The first kappa shape index (κ1) is 41.9. The fraction of sp³-hybridized carbons (Fsp3) is 0.308. The summed E-state index contributed by atoms with van der Waals surface area (Å²) in [5, 5.41) is 5.35. The summed E-state index contributed by atoms with van der Waals surface area (Å²) in [6, 6.07) is 24.5. The second-order valence-corrected chi connectivity index (χ2v) is 12.5. The van der Waals surface area contributed by atoms with E-state index in [0.717, 1.165) is 28.8 Å². The van der Waals surface area contributed by atoms with Crippen molar-refractivity contribution in [2.75, 3.05) is 27.2 Å². The van der Waals surface area contributed by atoms with E-state index in [4.69, 9.17) is 10.5 Å². The minimum atomic E-state index is -1.24. The maximum absolute atomic E-state index is 13.7. The average Bonchev–Trinajstić information content (AvgIpc) is 3.17. The maximum atomic E-state index is 13.7. The highest BCUT2D eigenvalue weighted by atomic mass is 16.5. The molecule has 3 aromatic rings. The number of nitrogens with one attached hydrogen (secondary N) is 3. The van der Waals surface area contributed by atoms with E-state index in [1.807, 2.05) is 66.7 Å². The molecule has 15 nitrogen and oxygen atoms in total. The van der Waals surface area contributed by atoms with Gasteiger partial charge in [-0.15, -0.1) is 0 Å². The van der Waals surface area contributed by atoms with Crippen LogP contribution in [-0.2, 0) is 53.0 Å². The Kier molecular flexibility index (Phi) is 16.4. The van der Waals surface area contributed by atoms with Crippen LogP contribution < -0.4 is 21.8 Å². The van der Waals surface area contributed by atoms with E-state index in [2.05, 4.69) is 16.1 Å². The first-order valence-electron chi connectivity index (χ1n) is 17.2. The second kappa shape index (κ2) is 21.1. The highest BCUT2D eigenvalue weighted by molar-refractivity contribution is 6.00. The van der Waals surface area contributed by atoms with E-state index in [9.17, 15) is 33.6 Å². The first-order valence-corrected chi connectivity index (χ1v) is 17.2. The summed E-state index contributed by atoms with van der Waals surface area (Å²) in [5.41, 5.74) is 10.1. The highest BCUT2D eigenvalue weighted by Crippen LogP contribution is 2.13. The fourth-order valence-corrected chi connectivity index (χ4v) is 5.01. The Balaban J connectivity index is 1.61. The number of nitrogens with two attached hydrogens (primary N) is 1. The summed E-state index contributed by atoms with van der Waals surface area (Å²) < 4.78 is 5.11. The lowest BCUT2D eigenvalue weighted by atomic mass is 10.0. The number of hydrazine groups is 1. The summed E-state index contributed by atoms with van der Waals surface area (Å²) in [5.74, 6) is -4.59. The van der Waals surface area contributed by atoms with E-state index in [-0.39, 0.29) is 18.9 Å². The number of nitrogens with zero attached hydrogens (tertiary/aromatic N) is 3. The number of rotatable bonds is 17. The smallest absolute Gasteiger partial charge is 0.408 e. The highest BCUT2D eigenvalue weighted by Gasteiger charge is 2.29. The molecule has 0 aliphatic heterocycles. The number of primary amides is 1. The van der Waals surface area contributed by atoms with Crippen LogP contribution in [0.4, 0.5) is 4.79 Å². The van der Waals surface area contributed by atoms with E-state index in [1.54, 1.807) is 36.2 Å². The predicted molar refractivity (Wildman–Crippen MR) is 200 cm³/mol. The molecule has 7 amide bonds. The topological polar surface area (TPSA) is 201 Å². The molecular weight excluding hydrogens is 694 g/mol. The summed E-state index contributed by atoms with van der Waals surface area (Å²) in [4.78, 5) is 92.5. The van der Waals surface area contributed by atoms with Crippen molar-refractivity contribution in [2.45, 2.75) is 51.4 Å². The van der Waals surface area contributed by atoms with E-state index >= 15 is 0 Å². The second-order valence-electron chi connectivity index (χ2n) is 12.5. The Hall–Kier alpha value is -6.51. The van der Waals surface area contributed by atoms with Gasteiger partial charge in [0.1, 0.15) is 31.3 Å². The molecule has 0 saturated heterocycles. The number of ether oxygens (including phenoxy) is 1. The molecule has 15 heteroatoms. The standard InChI is InChI=1S/C39H47N7O8/c1-27(42-39(53)54-26-31-18-12-7-13-19-31)36(50)41-28(2)37(51)43-46(25-33(40)47)35(49)21-20-34(48)45(4)32(24-30-16-10-6-11-17-30)38(52)44(3)23-22-29-14-8-5-9-15-29/h5-21,27-28,32H,22-26H2,1-4H3,(H2,40,47)(H,41,50)(H,42,53)(H,43,51)/b21-20+/t27-,28-,32-/m0/s1. The number of benzene rings is 3. The molecule has 0 heterocycles. The number of carbonyl (C=O) groups is 7. The van der Waals surface area contributed by atoms with Crippen LogP contribution >= 0.6 is 0 Å². The molecule has 0 unspecified atom stereocenters. The van der Waals surface area contributed by atoms with Crippen LogP contribution in [0.15, 0.2) is 103 Å². The van der Waals surface area contributed by atoms with Gasteiger partial charge in [-0.05, 0) is 37.0 Å². The third-order valence-electron chi connectivity index (χ3n) is 8.21. The van der Waals surface area contributed by atoms with E-state index in [0.29, 0.717) is 18.0 Å². The molecule has 5 N–H and O–H groups in total. The lowest BCUT2D eigenvalue weighted by Crippen LogP contribution is -2.56. The first-order chi connectivity index (χ1) is 25.7. The Labute approximate surface area is 314 Å². The number of hydrogen-bond donors (Lipinski definition) is 4. The van der Waals surface area contributed by atoms with E-state index < -0.39 is 60.3 Å². The Morgan fingerprint density at radius 1 is 0.704 bits per heavy atom. The van der Waals surface area contributed by atoms with Gasteiger partial charge in [-0.1, -0.05) is 91.0 Å². The van der Waals surface area contributed by atoms with Crippen LogP contribution in [0, 0.1) is 0 Å². The number of hydrogen-bond acceptors (Lipinski definition) is 8. The zero-order valence-corrected chi connectivity index (χ0v) is 30.8. The van der Waals surface area contributed by atoms with Gasteiger partial charge < -0.3 is 30.9 Å². The van der Waals surface area contributed by atoms with Crippen molar-refractivity contribution in [1.29, 1.82) is 0 Å². The Morgan fingerprint density at radius 2 is 1.22 bits per heavy atom. The summed E-state index contributed by atoms with van der Waals surface area (Å²) in [6.45, 7) is 2.33. The van der Waals surface area contributed by atoms with Crippen LogP contribution in [0.2, 0.25) is 0 Å². The summed E-state index contributed by atoms with van der Waals surface area (Å²) in [7, 11) is 3.10.